The summed E-state index contributed by atoms with van der Waals surface area (Å²) in [5.74, 6) is 2.56. The number of amides is 1. The summed E-state index contributed by atoms with van der Waals surface area (Å²) < 4.78 is 21.8. The Bertz CT molecular complexity index is 982. The van der Waals surface area contributed by atoms with Gasteiger partial charge in [0, 0.05) is 23.7 Å². The molecule has 3 aromatic rings. The zero-order valence-electron chi connectivity index (χ0n) is 15.4. The fourth-order valence-electron chi connectivity index (χ4n) is 3.00. The molecule has 0 saturated carbocycles. The largest absolute Gasteiger partial charge is 0.496 e. The van der Waals surface area contributed by atoms with Crippen molar-refractivity contribution in [2.45, 2.75) is 13.0 Å². The van der Waals surface area contributed by atoms with Crippen LogP contribution >= 0.6 is 0 Å². The van der Waals surface area contributed by atoms with E-state index in [1.54, 1.807) is 13.2 Å². The van der Waals surface area contributed by atoms with Crippen LogP contribution in [0, 0.1) is 0 Å². The molecule has 1 aliphatic heterocycles. The van der Waals surface area contributed by atoms with Gasteiger partial charge in [-0.05, 0) is 24.3 Å². The van der Waals surface area contributed by atoms with Crippen molar-refractivity contribution < 1.29 is 23.5 Å². The molecule has 0 atom stereocenters. The van der Waals surface area contributed by atoms with E-state index < -0.39 is 0 Å². The Labute approximate surface area is 162 Å². The van der Waals surface area contributed by atoms with Gasteiger partial charge in [0.2, 0.25) is 5.91 Å². The molecule has 0 radical (unpaired) electrons. The third-order valence-corrected chi connectivity index (χ3v) is 4.40. The van der Waals surface area contributed by atoms with Gasteiger partial charge in [-0.25, -0.2) is 0 Å². The maximum atomic E-state index is 12.3. The molecule has 0 spiro atoms. The number of hydrogen-bond donors (Lipinski definition) is 1. The second-order valence-electron chi connectivity index (χ2n) is 6.31. The molecule has 1 aliphatic rings. The molecule has 1 amide bonds. The van der Waals surface area contributed by atoms with Gasteiger partial charge in [0.1, 0.15) is 19.0 Å². The maximum Gasteiger partial charge on any atom is 0.226 e. The fraction of sp³-hybridized carbons (Fsp3) is 0.238. The number of aromatic nitrogens is 1. The highest BCUT2D eigenvalue weighted by atomic mass is 16.6. The van der Waals surface area contributed by atoms with Crippen molar-refractivity contribution in [2.75, 3.05) is 20.3 Å². The van der Waals surface area contributed by atoms with Crippen LogP contribution < -0.4 is 19.5 Å². The lowest BCUT2D eigenvalue weighted by Crippen LogP contribution is -2.24. The second kappa shape index (κ2) is 8.04. The van der Waals surface area contributed by atoms with Crippen LogP contribution in [0.4, 0.5) is 0 Å². The van der Waals surface area contributed by atoms with Crippen LogP contribution in [0.3, 0.4) is 0 Å². The summed E-state index contributed by atoms with van der Waals surface area (Å²) in [7, 11) is 1.61. The second-order valence-corrected chi connectivity index (χ2v) is 6.31. The van der Waals surface area contributed by atoms with Crippen LogP contribution in [0.25, 0.3) is 11.3 Å². The highest BCUT2D eigenvalue weighted by Crippen LogP contribution is 2.34. The number of hydrogen-bond acceptors (Lipinski definition) is 6. The molecular weight excluding hydrogens is 360 g/mol. The number of carbonyl (C=O) groups is 1. The van der Waals surface area contributed by atoms with E-state index in [4.69, 9.17) is 18.7 Å². The predicted octanol–water partition coefficient (Wildman–Crippen LogP) is 2.98. The van der Waals surface area contributed by atoms with Crippen LogP contribution in [0.15, 0.2) is 53.1 Å². The van der Waals surface area contributed by atoms with Gasteiger partial charge in [0.15, 0.2) is 17.3 Å². The highest BCUT2D eigenvalue weighted by Gasteiger charge is 2.16. The standard InChI is InChI=1S/C21H20N2O5/c1-25-17-5-3-2-4-15(17)13-22-21(24)12-16-11-19(28-23-16)14-6-7-18-20(10-14)27-9-8-26-18/h2-7,10-11H,8-9,12-13H2,1H3,(H,22,24). The topological polar surface area (TPSA) is 82.8 Å². The molecule has 4 rings (SSSR count). The molecule has 0 unspecified atom stereocenters. The summed E-state index contributed by atoms with van der Waals surface area (Å²) in [6.45, 7) is 1.45. The molecule has 2 aromatic carbocycles. The minimum absolute atomic E-state index is 0.128. The maximum absolute atomic E-state index is 12.3. The lowest BCUT2D eigenvalue weighted by molar-refractivity contribution is -0.120. The summed E-state index contributed by atoms with van der Waals surface area (Å²) in [6.07, 6.45) is 0.128. The van der Waals surface area contributed by atoms with E-state index in [2.05, 4.69) is 10.5 Å². The number of ether oxygens (including phenoxy) is 3. The Balaban J connectivity index is 1.38. The van der Waals surface area contributed by atoms with Gasteiger partial charge in [0.05, 0.1) is 19.2 Å². The Morgan fingerprint density at radius 3 is 2.79 bits per heavy atom. The van der Waals surface area contributed by atoms with Gasteiger partial charge in [-0.1, -0.05) is 23.4 Å². The van der Waals surface area contributed by atoms with Crippen molar-refractivity contribution in [3.05, 3.63) is 59.8 Å². The van der Waals surface area contributed by atoms with Gasteiger partial charge in [-0.2, -0.15) is 0 Å². The molecule has 144 valence electrons. The molecule has 0 bridgehead atoms. The van der Waals surface area contributed by atoms with E-state index in [0.29, 0.717) is 42.7 Å². The average molecular weight is 380 g/mol. The lowest BCUT2D eigenvalue weighted by Gasteiger charge is -2.18. The summed E-state index contributed by atoms with van der Waals surface area (Å²) in [5.41, 5.74) is 2.29. The van der Waals surface area contributed by atoms with E-state index in [9.17, 15) is 4.79 Å². The molecule has 28 heavy (non-hydrogen) atoms. The normalized spacial score (nSPS) is 12.5. The van der Waals surface area contributed by atoms with Crippen LogP contribution in [-0.4, -0.2) is 31.4 Å². The molecule has 2 heterocycles. The molecule has 0 fully saturated rings. The first kappa shape index (κ1) is 17.9. The molecule has 7 nitrogen and oxygen atoms in total. The van der Waals surface area contributed by atoms with Crippen LogP contribution in [0.5, 0.6) is 17.2 Å². The zero-order valence-corrected chi connectivity index (χ0v) is 15.4. The number of methoxy groups -OCH3 is 1. The quantitative estimate of drug-likeness (QED) is 0.708. The third-order valence-electron chi connectivity index (χ3n) is 4.40. The third kappa shape index (κ3) is 3.93. The molecular formula is C21H20N2O5. The number of carbonyl (C=O) groups excluding carboxylic acids is 1. The zero-order chi connectivity index (χ0) is 19.3. The van der Waals surface area contributed by atoms with E-state index in [0.717, 1.165) is 16.9 Å². The number of benzene rings is 2. The first-order valence-corrected chi connectivity index (χ1v) is 8.97. The molecule has 0 saturated heterocycles. The SMILES string of the molecule is COc1ccccc1CNC(=O)Cc1cc(-c2ccc3c(c2)OCCO3)on1. The van der Waals surface area contributed by atoms with Crippen molar-refractivity contribution in [2.24, 2.45) is 0 Å². The summed E-state index contributed by atoms with van der Waals surface area (Å²) >= 11 is 0. The first-order chi connectivity index (χ1) is 13.7. The number of nitrogens with one attached hydrogen (secondary N) is 1. The fourth-order valence-corrected chi connectivity index (χ4v) is 3.00. The highest BCUT2D eigenvalue weighted by molar-refractivity contribution is 5.78. The minimum atomic E-state index is -0.145. The summed E-state index contributed by atoms with van der Waals surface area (Å²) in [6, 6.07) is 14.9. The van der Waals surface area contributed by atoms with E-state index >= 15 is 0 Å². The average Bonchev–Trinajstić information content (AvgIpc) is 3.20. The van der Waals surface area contributed by atoms with E-state index in [1.807, 2.05) is 42.5 Å². The summed E-state index contributed by atoms with van der Waals surface area (Å²) in [5, 5.41) is 6.88. The number of para-hydroxylation sites is 1. The number of rotatable bonds is 6. The first-order valence-electron chi connectivity index (χ1n) is 8.97. The number of fused-ring (bicyclic) bond motifs is 1. The Hall–Kier alpha value is -3.48. The van der Waals surface area contributed by atoms with Crippen molar-refractivity contribution in [1.29, 1.82) is 0 Å². The van der Waals surface area contributed by atoms with Gasteiger partial charge in [-0.15, -0.1) is 0 Å². The number of nitrogens with zero attached hydrogens (tertiary/aromatic N) is 1. The van der Waals surface area contributed by atoms with Crippen LogP contribution in [-0.2, 0) is 17.8 Å². The van der Waals surface area contributed by atoms with Crippen molar-refractivity contribution in [3.63, 3.8) is 0 Å². The predicted molar refractivity (Wildman–Crippen MR) is 101 cm³/mol. The van der Waals surface area contributed by atoms with Crippen LogP contribution in [0.1, 0.15) is 11.3 Å². The van der Waals surface area contributed by atoms with Gasteiger partial charge < -0.3 is 24.1 Å². The smallest absolute Gasteiger partial charge is 0.226 e. The molecule has 1 aromatic heterocycles. The Kier molecular flexibility index (Phi) is 5.14. The Morgan fingerprint density at radius 2 is 1.93 bits per heavy atom. The van der Waals surface area contributed by atoms with Gasteiger partial charge >= 0.3 is 0 Å². The van der Waals surface area contributed by atoms with E-state index in [-0.39, 0.29) is 12.3 Å². The van der Waals surface area contributed by atoms with Gasteiger partial charge in [0.25, 0.3) is 0 Å². The summed E-state index contributed by atoms with van der Waals surface area (Å²) in [4.78, 5) is 12.3. The minimum Gasteiger partial charge on any atom is -0.496 e. The van der Waals surface area contributed by atoms with Crippen molar-refractivity contribution in [3.8, 4) is 28.6 Å². The molecule has 0 aliphatic carbocycles. The lowest BCUT2D eigenvalue weighted by atomic mass is 10.1. The Morgan fingerprint density at radius 1 is 1.11 bits per heavy atom. The van der Waals surface area contributed by atoms with Crippen molar-refractivity contribution >= 4 is 5.91 Å². The molecule has 7 heteroatoms. The van der Waals surface area contributed by atoms with Gasteiger partial charge in [-0.3, -0.25) is 4.79 Å². The molecule has 1 N–H and O–H groups in total. The van der Waals surface area contributed by atoms with Crippen molar-refractivity contribution in [1.82, 2.24) is 10.5 Å². The van der Waals surface area contributed by atoms with Crippen LogP contribution in [0.2, 0.25) is 0 Å². The monoisotopic (exact) mass is 380 g/mol. The van der Waals surface area contributed by atoms with E-state index in [1.165, 1.54) is 0 Å².